The lowest BCUT2D eigenvalue weighted by atomic mass is 10.0. The van der Waals surface area contributed by atoms with Gasteiger partial charge in [-0.15, -0.1) is 5.10 Å². The van der Waals surface area contributed by atoms with Crippen LogP contribution in [0.2, 0.25) is 0 Å². The molecule has 0 saturated heterocycles. The largest absolute Gasteiger partial charge is 0.315 e. The lowest BCUT2D eigenvalue weighted by molar-refractivity contribution is -0.117. The van der Waals surface area contributed by atoms with Crippen molar-refractivity contribution >= 4 is 23.4 Å². The van der Waals surface area contributed by atoms with Gasteiger partial charge in [0, 0.05) is 19.2 Å². The molecule has 1 aromatic heterocycles. The lowest BCUT2D eigenvalue weighted by Crippen LogP contribution is -2.33. The van der Waals surface area contributed by atoms with Gasteiger partial charge in [-0.05, 0) is 31.4 Å². The molecule has 5 nitrogen and oxygen atoms in total. The summed E-state index contributed by atoms with van der Waals surface area (Å²) in [6, 6.07) is 9.68. The van der Waals surface area contributed by atoms with Crippen LogP contribution in [0, 0.1) is 5.92 Å². The molecule has 1 aliphatic carbocycles. The van der Waals surface area contributed by atoms with Crippen LogP contribution in [0.15, 0.2) is 35.5 Å². The second-order valence-electron chi connectivity index (χ2n) is 6.75. The lowest BCUT2D eigenvalue weighted by Gasteiger charge is -2.20. The molecule has 1 amide bonds. The number of hydrogen-bond acceptors (Lipinski definition) is 4. The number of carbonyl (C=O) groups excluding carboxylic acids is 1. The molecule has 25 heavy (non-hydrogen) atoms. The van der Waals surface area contributed by atoms with Gasteiger partial charge in [-0.2, -0.15) is 0 Å². The van der Waals surface area contributed by atoms with Crippen LogP contribution in [-0.4, -0.2) is 33.4 Å². The zero-order chi connectivity index (χ0) is 17.6. The third-order valence-corrected chi connectivity index (χ3v) is 5.83. The molecule has 1 unspecified atom stereocenters. The first-order valence-corrected chi connectivity index (χ1v) is 9.92. The van der Waals surface area contributed by atoms with Gasteiger partial charge in [-0.1, -0.05) is 55.6 Å². The average molecular weight is 359 g/mol. The highest BCUT2D eigenvalue weighted by molar-refractivity contribution is 8.00. The summed E-state index contributed by atoms with van der Waals surface area (Å²) in [6.45, 7) is 1.90. The van der Waals surface area contributed by atoms with Crippen molar-refractivity contribution in [2.45, 2.75) is 55.9 Å². The van der Waals surface area contributed by atoms with E-state index in [2.05, 4.69) is 15.2 Å². The molecule has 0 spiro atoms. The number of thioether (sulfide) groups is 1. The minimum atomic E-state index is -0.233. The summed E-state index contributed by atoms with van der Waals surface area (Å²) in [6.07, 6.45) is 7.59. The number of hydrogen-bond donors (Lipinski definition) is 1. The Bertz CT molecular complexity index is 682. The number of amides is 1. The number of aromatic amines is 1. The Kier molecular flexibility index (Phi) is 6.13. The normalized spacial score (nSPS) is 16.1. The summed E-state index contributed by atoms with van der Waals surface area (Å²) in [4.78, 5) is 18.8. The molecular weight excluding hydrogens is 332 g/mol. The van der Waals surface area contributed by atoms with Gasteiger partial charge in [0.15, 0.2) is 0 Å². The molecule has 0 radical (unpaired) electrons. The molecule has 1 fully saturated rings. The van der Waals surface area contributed by atoms with E-state index in [1.165, 1.54) is 43.9 Å². The Balaban J connectivity index is 1.52. The van der Waals surface area contributed by atoms with E-state index in [1.807, 2.05) is 37.3 Å². The fraction of sp³-hybridized carbons (Fsp3) is 0.526. The summed E-state index contributed by atoms with van der Waals surface area (Å²) in [7, 11) is 1.81. The van der Waals surface area contributed by atoms with Gasteiger partial charge < -0.3 is 4.90 Å². The van der Waals surface area contributed by atoms with E-state index in [4.69, 9.17) is 0 Å². The third kappa shape index (κ3) is 4.84. The maximum Gasteiger partial charge on any atom is 0.240 e. The SMILES string of the molecule is CC(Sc1n[nH]c(CCC2CCCC2)n1)C(=O)N(C)c1ccccc1. The topological polar surface area (TPSA) is 61.9 Å². The highest BCUT2D eigenvalue weighted by Gasteiger charge is 2.22. The standard InChI is InChI=1S/C19H26N4OS/c1-14(18(24)23(2)16-10-4-3-5-11-16)25-19-20-17(21-22-19)13-12-15-8-6-7-9-15/h3-5,10-11,14-15H,6-9,12-13H2,1-2H3,(H,20,21,22). The molecule has 6 heteroatoms. The number of aryl methyl sites for hydroxylation is 1. The molecule has 0 bridgehead atoms. The second kappa shape index (κ2) is 8.52. The highest BCUT2D eigenvalue weighted by Crippen LogP contribution is 2.29. The fourth-order valence-electron chi connectivity index (χ4n) is 3.34. The minimum Gasteiger partial charge on any atom is -0.315 e. The Hall–Kier alpha value is -1.82. The van der Waals surface area contributed by atoms with E-state index in [-0.39, 0.29) is 11.2 Å². The number of aromatic nitrogens is 3. The van der Waals surface area contributed by atoms with Crippen LogP contribution < -0.4 is 4.90 Å². The third-order valence-electron chi connectivity index (χ3n) is 4.88. The van der Waals surface area contributed by atoms with Gasteiger partial charge in [0.05, 0.1) is 5.25 Å². The molecule has 2 aromatic rings. The predicted molar refractivity (Wildman–Crippen MR) is 102 cm³/mol. The summed E-state index contributed by atoms with van der Waals surface area (Å²) >= 11 is 1.41. The van der Waals surface area contributed by atoms with Crippen molar-refractivity contribution in [2.75, 3.05) is 11.9 Å². The maximum atomic E-state index is 12.6. The smallest absolute Gasteiger partial charge is 0.240 e. The zero-order valence-electron chi connectivity index (χ0n) is 14.9. The van der Waals surface area contributed by atoms with Crippen LogP contribution in [-0.2, 0) is 11.2 Å². The molecule has 1 atom stereocenters. The number of H-pyrrole nitrogens is 1. The van der Waals surface area contributed by atoms with Crippen molar-refractivity contribution in [3.8, 4) is 0 Å². The van der Waals surface area contributed by atoms with Crippen LogP contribution in [0.4, 0.5) is 5.69 Å². The van der Waals surface area contributed by atoms with E-state index < -0.39 is 0 Å². The summed E-state index contributed by atoms with van der Waals surface area (Å²) in [5.41, 5.74) is 0.896. The van der Waals surface area contributed by atoms with Crippen molar-refractivity contribution in [1.29, 1.82) is 0 Å². The van der Waals surface area contributed by atoms with Crippen LogP contribution in [0.3, 0.4) is 0 Å². The van der Waals surface area contributed by atoms with Gasteiger partial charge in [0.25, 0.3) is 0 Å². The molecule has 1 N–H and O–H groups in total. The first-order chi connectivity index (χ1) is 12.1. The van der Waals surface area contributed by atoms with Gasteiger partial charge >= 0.3 is 0 Å². The number of nitrogens with one attached hydrogen (secondary N) is 1. The molecule has 1 heterocycles. The first-order valence-electron chi connectivity index (χ1n) is 9.04. The number of rotatable bonds is 7. The van der Waals surface area contributed by atoms with E-state index in [1.54, 1.807) is 11.9 Å². The number of anilines is 1. The van der Waals surface area contributed by atoms with E-state index in [0.717, 1.165) is 23.9 Å². The van der Waals surface area contributed by atoms with E-state index in [9.17, 15) is 4.79 Å². The number of carbonyl (C=O) groups is 1. The summed E-state index contributed by atoms with van der Waals surface area (Å²) in [5.74, 6) is 1.83. The molecule has 0 aliphatic heterocycles. The van der Waals surface area contributed by atoms with Crippen LogP contribution in [0.5, 0.6) is 0 Å². The summed E-state index contributed by atoms with van der Waals surface area (Å²) < 4.78 is 0. The van der Waals surface area contributed by atoms with Crippen molar-refractivity contribution in [3.05, 3.63) is 36.2 Å². The Labute approximate surface area is 153 Å². The Morgan fingerprint density at radius 2 is 2.04 bits per heavy atom. The van der Waals surface area contributed by atoms with Crippen LogP contribution in [0.25, 0.3) is 0 Å². The van der Waals surface area contributed by atoms with E-state index >= 15 is 0 Å². The molecule has 3 rings (SSSR count). The van der Waals surface area contributed by atoms with Crippen molar-refractivity contribution in [1.82, 2.24) is 15.2 Å². The maximum absolute atomic E-state index is 12.6. The highest BCUT2D eigenvalue weighted by atomic mass is 32.2. The van der Waals surface area contributed by atoms with Gasteiger partial charge in [0.2, 0.25) is 11.1 Å². The molecule has 1 saturated carbocycles. The fourth-order valence-corrected chi connectivity index (χ4v) is 4.18. The molecule has 1 aromatic carbocycles. The van der Waals surface area contributed by atoms with Crippen LogP contribution >= 0.6 is 11.8 Å². The van der Waals surface area contributed by atoms with Crippen molar-refractivity contribution in [2.24, 2.45) is 5.92 Å². The van der Waals surface area contributed by atoms with Gasteiger partial charge in [0.1, 0.15) is 5.82 Å². The predicted octanol–water partition coefficient (Wildman–Crippen LogP) is 4.07. The molecule has 1 aliphatic rings. The Morgan fingerprint density at radius 3 is 2.76 bits per heavy atom. The monoisotopic (exact) mass is 358 g/mol. The number of benzene rings is 1. The van der Waals surface area contributed by atoms with E-state index in [0.29, 0.717) is 5.16 Å². The van der Waals surface area contributed by atoms with Crippen LogP contribution in [0.1, 0.15) is 44.9 Å². The minimum absolute atomic E-state index is 0.0495. The quantitative estimate of drug-likeness (QED) is 0.758. The first kappa shape index (κ1) is 18.0. The zero-order valence-corrected chi connectivity index (χ0v) is 15.8. The van der Waals surface area contributed by atoms with Crippen molar-refractivity contribution in [3.63, 3.8) is 0 Å². The van der Waals surface area contributed by atoms with Gasteiger partial charge in [-0.3, -0.25) is 9.89 Å². The number of nitrogens with zero attached hydrogens (tertiary/aromatic N) is 3. The van der Waals surface area contributed by atoms with Crippen molar-refractivity contribution < 1.29 is 4.79 Å². The summed E-state index contributed by atoms with van der Waals surface area (Å²) in [5, 5.41) is 7.72. The molecular formula is C19H26N4OS. The molecule has 134 valence electrons. The average Bonchev–Trinajstić information content (AvgIpc) is 3.31. The number of para-hydroxylation sites is 1. The van der Waals surface area contributed by atoms with Gasteiger partial charge in [-0.25, -0.2) is 4.98 Å². The second-order valence-corrected chi connectivity index (χ2v) is 8.05. The Morgan fingerprint density at radius 1 is 1.32 bits per heavy atom.